The zero-order chi connectivity index (χ0) is 22.9. The van der Waals surface area contributed by atoms with Gasteiger partial charge in [0.05, 0.1) is 12.7 Å². The van der Waals surface area contributed by atoms with Crippen LogP contribution in [0.5, 0.6) is 11.5 Å². The molecule has 4 rings (SSSR count). The van der Waals surface area contributed by atoms with Gasteiger partial charge in [0.2, 0.25) is 0 Å². The topological polar surface area (TPSA) is 53.8 Å². The fourth-order valence-electron chi connectivity index (χ4n) is 3.69. The summed E-state index contributed by atoms with van der Waals surface area (Å²) in [6.45, 7) is 0. The lowest BCUT2D eigenvalue weighted by Gasteiger charge is -2.31. The first-order valence-electron chi connectivity index (χ1n) is 9.87. The number of hydrogen-bond donors (Lipinski definition) is 2. The second-order valence-corrected chi connectivity index (χ2v) is 7.89. The van der Waals surface area contributed by atoms with Crippen LogP contribution in [0.3, 0.4) is 0 Å². The number of rotatable bonds is 4. The van der Waals surface area contributed by atoms with Crippen LogP contribution >= 0.6 is 11.6 Å². The molecular weight excluding hydrogens is 441 g/mol. The van der Waals surface area contributed by atoms with Crippen LogP contribution in [0.1, 0.15) is 40.9 Å². The minimum absolute atomic E-state index is 0.0778. The number of benzene rings is 3. The van der Waals surface area contributed by atoms with E-state index in [1.807, 2.05) is 24.3 Å². The molecule has 3 aromatic rings. The molecule has 0 aliphatic carbocycles. The summed E-state index contributed by atoms with van der Waals surface area (Å²) in [5, 5.41) is 14.2. The lowest BCUT2D eigenvalue weighted by atomic mass is 9.93. The maximum Gasteiger partial charge on any atom is 0.416 e. The molecule has 0 saturated carbocycles. The van der Waals surface area contributed by atoms with Crippen molar-refractivity contribution in [3.05, 3.63) is 94.0 Å². The molecule has 0 fully saturated rings. The number of phenols is 1. The summed E-state index contributed by atoms with van der Waals surface area (Å²) < 4.78 is 44.2. The average Bonchev–Trinajstić information content (AvgIpc) is 2.80. The highest BCUT2D eigenvalue weighted by Crippen LogP contribution is 2.37. The Balaban J connectivity index is 1.73. The van der Waals surface area contributed by atoms with Gasteiger partial charge in [-0.25, -0.2) is 0 Å². The van der Waals surface area contributed by atoms with E-state index in [4.69, 9.17) is 21.3 Å². The lowest BCUT2D eigenvalue weighted by molar-refractivity contribution is -0.137. The highest BCUT2D eigenvalue weighted by molar-refractivity contribution is 6.30. The van der Waals surface area contributed by atoms with Crippen LogP contribution in [0.25, 0.3) is 0 Å². The van der Waals surface area contributed by atoms with Crippen molar-refractivity contribution in [1.29, 1.82) is 0 Å². The van der Waals surface area contributed by atoms with Crippen molar-refractivity contribution in [1.82, 2.24) is 5.32 Å². The van der Waals surface area contributed by atoms with Gasteiger partial charge >= 0.3 is 6.18 Å². The van der Waals surface area contributed by atoms with Crippen molar-refractivity contribution >= 4 is 17.3 Å². The normalized spacial score (nSPS) is 18.8. The third-order valence-corrected chi connectivity index (χ3v) is 5.62. The van der Waals surface area contributed by atoms with Crippen molar-refractivity contribution < 1.29 is 23.0 Å². The van der Waals surface area contributed by atoms with Gasteiger partial charge in [-0.05, 0) is 65.7 Å². The fraction of sp³-hybridized carbons (Fsp3) is 0.208. The van der Waals surface area contributed by atoms with Gasteiger partial charge in [0.25, 0.3) is 0 Å². The van der Waals surface area contributed by atoms with Crippen molar-refractivity contribution in [2.45, 2.75) is 24.8 Å². The van der Waals surface area contributed by atoms with Crippen LogP contribution in [-0.2, 0) is 6.18 Å². The molecule has 0 bridgehead atoms. The quantitative estimate of drug-likeness (QED) is 0.480. The van der Waals surface area contributed by atoms with E-state index in [9.17, 15) is 18.3 Å². The van der Waals surface area contributed by atoms with Crippen LogP contribution in [0.4, 0.5) is 13.2 Å². The van der Waals surface area contributed by atoms with Crippen molar-refractivity contribution in [2.24, 2.45) is 4.99 Å². The van der Waals surface area contributed by atoms with Crippen LogP contribution in [-0.4, -0.2) is 17.9 Å². The van der Waals surface area contributed by atoms with E-state index >= 15 is 0 Å². The molecule has 32 heavy (non-hydrogen) atoms. The monoisotopic (exact) mass is 460 g/mol. The van der Waals surface area contributed by atoms with Gasteiger partial charge < -0.3 is 9.84 Å². The van der Waals surface area contributed by atoms with E-state index in [1.54, 1.807) is 19.2 Å². The smallest absolute Gasteiger partial charge is 0.416 e. The van der Waals surface area contributed by atoms with E-state index in [1.165, 1.54) is 18.2 Å². The van der Waals surface area contributed by atoms with Crippen molar-refractivity contribution in [2.75, 3.05) is 7.11 Å². The Morgan fingerprint density at radius 3 is 2.34 bits per heavy atom. The molecule has 1 aliphatic heterocycles. The zero-order valence-corrected chi connectivity index (χ0v) is 17.8. The lowest BCUT2D eigenvalue weighted by Crippen LogP contribution is -2.33. The van der Waals surface area contributed by atoms with Crippen LogP contribution in [0.15, 0.2) is 71.7 Å². The van der Waals surface area contributed by atoms with Crippen LogP contribution < -0.4 is 10.1 Å². The Bertz CT molecular complexity index is 1130. The molecular formula is C24H20ClF3N2O2. The summed E-state index contributed by atoms with van der Waals surface area (Å²) in [7, 11) is 1.58. The van der Waals surface area contributed by atoms with Gasteiger partial charge in [-0.15, -0.1) is 0 Å². The highest BCUT2D eigenvalue weighted by Gasteiger charge is 2.31. The van der Waals surface area contributed by atoms with Crippen molar-refractivity contribution in [3.63, 3.8) is 0 Å². The molecule has 2 N–H and O–H groups in total. The Hall–Kier alpha value is -3.03. The molecule has 8 heteroatoms. The molecule has 0 unspecified atom stereocenters. The summed E-state index contributed by atoms with van der Waals surface area (Å²) in [6.07, 6.45) is -4.56. The summed E-state index contributed by atoms with van der Waals surface area (Å²) >= 11 is 6.15. The summed E-state index contributed by atoms with van der Waals surface area (Å²) in [5.74, 6) is 0.778. The number of halogens is 4. The predicted molar refractivity (Wildman–Crippen MR) is 117 cm³/mol. The van der Waals surface area contributed by atoms with Gasteiger partial charge in [-0.3, -0.25) is 10.3 Å². The fourth-order valence-corrected chi connectivity index (χ4v) is 3.87. The highest BCUT2D eigenvalue weighted by atomic mass is 35.5. The number of nitrogens with one attached hydrogen (secondary N) is 1. The third kappa shape index (κ3) is 4.74. The van der Waals surface area contributed by atoms with Gasteiger partial charge in [0.1, 0.15) is 17.7 Å². The maximum atomic E-state index is 13.0. The second-order valence-electron chi connectivity index (χ2n) is 7.45. The molecule has 0 aromatic heterocycles. The first-order valence-corrected chi connectivity index (χ1v) is 10.2. The number of hydrogen-bond acceptors (Lipinski definition) is 4. The molecule has 4 nitrogen and oxygen atoms in total. The predicted octanol–water partition coefficient (Wildman–Crippen LogP) is 6.30. The summed E-state index contributed by atoms with van der Waals surface area (Å²) in [5.41, 5.74) is 2.06. The summed E-state index contributed by atoms with van der Waals surface area (Å²) in [6, 6.07) is 16.7. The number of ether oxygens (including phenoxy) is 1. The van der Waals surface area contributed by atoms with E-state index in [2.05, 4.69) is 5.32 Å². The van der Waals surface area contributed by atoms with Crippen molar-refractivity contribution in [3.8, 4) is 11.5 Å². The van der Waals surface area contributed by atoms with Crippen LogP contribution in [0.2, 0.25) is 5.02 Å². The second kappa shape index (κ2) is 8.84. The van der Waals surface area contributed by atoms with E-state index in [0.29, 0.717) is 28.3 Å². The Morgan fingerprint density at radius 2 is 1.72 bits per heavy atom. The first kappa shape index (κ1) is 22.2. The van der Waals surface area contributed by atoms with E-state index in [-0.39, 0.29) is 11.8 Å². The molecule has 1 heterocycles. The SMILES string of the molecule is COc1ccc(C2=N[C@@H](c3ccc(C(F)(F)F)cc3)N[C@H](c3cc(Cl)ccc3O)C2)cc1. The molecule has 3 aromatic carbocycles. The van der Waals surface area contributed by atoms with Gasteiger partial charge in [-0.1, -0.05) is 23.7 Å². The molecule has 1 aliphatic rings. The molecule has 0 spiro atoms. The number of methoxy groups -OCH3 is 1. The number of aromatic hydroxyl groups is 1. The van der Waals surface area contributed by atoms with Crippen LogP contribution in [0, 0.1) is 0 Å². The zero-order valence-electron chi connectivity index (χ0n) is 17.0. The standard InChI is InChI=1S/C24H20ClF3N2O2/c1-32-18-9-4-14(5-10-18)20-13-21(19-12-17(25)8-11-22(19)31)30-23(29-20)15-2-6-16(7-3-15)24(26,27)28/h2-12,21,23,30-31H,13H2,1H3/t21-,23+/m0/s1. The maximum absolute atomic E-state index is 13.0. The molecule has 166 valence electrons. The van der Waals surface area contributed by atoms with Gasteiger partial charge in [-0.2, -0.15) is 13.2 Å². The molecule has 0 saturated heterocycles. The first-order chi connectivity index (χ1) is 15.2. The minimum Gasteiger partial charge on any atom is -0.508 e. The van der Waals surface area contributed by atoms with E-state index in [0.717, 1.165) is 23.4 Å². The third-order valence-electron chi connectivity index (χ3n) is 5.38. The Kier molecular flexibility index (Phi) is 6.13. The number of phenolic OH excluding ortho intramolecular Hbond substituents is 1. The average molecular weight is 461 g/mol. The largest absolute Gasteiger partial charge is 0.508 e. The Labute approximate surface area is 188 Å². The van der Waals surface area contributed by atoms with E-state index < -0.39 is 17.9 Å². The number of nitrogens with zero attached hydrogens (tertiary/aromatic N) is 1. The van der Waals surface area contributed by atoms with Gasteiger partial charge in [0.15, 0.2) is 0 Å². The Morgan fingerprint density at radius 1 is 1.03 bits per heavy atom. The molecule has 0 radical (unpaired) electrons. The number of alkyl halides is 3. The minimum atomic E-state index is -4.41. The molecule has 0 amide bonds. The number of aliphatic imine (C=N–C) groups is 1. The van der Waals surface area contributed by atoms with Gasteiger partial charge in [0, 0.05) is 28.8 Å². The molecule has 2 atom stereocenters. The summed E-state index contributed by atoms with van der Waals surface area (Å²) in [4.78, 5) is 4.77.